The first-order chi connectivity index (χ1) is 18.3. The van der Waals surface area contributed by atoms with E-state index in [9.17, 15) is 4.39 Å². The third kappa shape index (κ3) is 5.43. The number of rotatable bonds is 5. The van der Waals surface area contributed by atoms with Crippen LogP contribution in [0.4, 0.5) is 4.39 Å². The highest BCUT2D eigenvalue weighted by Gasteiger charge is 2.48. The van der Waals surface area contributed by atoms with Crippen molar-refractivity contribution in [2.24, 2.45) is 5.73 Å². The predicted molar refractivity (Wildman–Crippen MR) is 157 cm³/mol. The van der Waals surface area contributed by atoms with Gasteiger partial charge in [-0.3, -0.25) is 4.90 Å². The van der Waals surface area contributed by atoms with Crippen LogP contribution in [0, 0.1) is 12.7 Å². The average molecular weight is 519 g/mol. The molecule has 3 aliphatic rings. The number of fused-ring (bicyclic) bond motifs is 1. The summed E-state index contributed by atoms with van der Waals surface area (Å²) in [5.74, 6) is -0.142. The van der Waals surface area contributed by atoms with Gasteiger partial charge in [-0.05, 0) is 102 Å². The van der Waals surface area contributed by atoms with E-state index in [-0.39, 0.29) is 16.9 Å². The standard InChI is InChI=1S/C28H36FN3.C5H11N/c1-20-24-13-6-7-14-25(24)30-26(20)27(31-23-11-4-5-12-23)15-17-28(18-16-27,32(2)3)21-9-8-10-22(29)19-21;6-5-3-1-2-4-5/h6-10,13-14,19,23,30-31H,4-5,11-12,15-18H2,1-3H3;5H,1-4,6H2. The van der Waals surface area contributed by atoms with Crippen LogP contribution < -0.4 is 11.1 Å². The topological polar surface area (TPSA) is 57.1 Å². The molecule has 0 bridgehead atoms. The van der Waals surface area contributed by atoms with Gasteiger partial charge in [0.2, 0.25) is 0 Å². The molecule has 0 atom stereocenters. The van der Waals surface area contributed by atoms with E-state index in [1.807, 2.05) is 6.07 Å². The maximum Gasteiger partial charge on any atom is 0.123 e. The van der Waals surface area contributed by atoms with Gasteiger partial charge in [-0.25, -0.2) is 4.39 Å². The lowest BCUT2D eigenvalue weighted by Gasteiger charge is -2.51. The van der Waals surface area contributed by atoms with Crippen molar-refractivity contribution in [3.05, 3.63) is 71.2 Å². The molecule has 6 rings (SSSR count). The Labute approximate surface area is 228 Å². The molecular weight excluding hydrogens is 471 g/mol. The molecule has 0 amide bonds. The van der Waals surface area contributed by atoms with Gasteiger partial charge in [0, 0.05) is 34.2 Å². The molecule has 38 heavy (non-hydrogen) atoms. The van der Waals surface area contributed by atoms with E-state index in [4.69, 9.17) is 5.73 Å². The fourth-order valence-corrected chi connectivity index (χ4v) is 7.51. The lowest BCUT2D eigenvalue weighted by Crippen LogP contribution is -2.55. The number of aromatic amines is 1. The molecule has 206 valence electrons. The van der Waals surface area contributed by atoms with Gasteiger partial charge in [-0.1, -0.05) is 56.0 Å². The second-order valence-electron chi connectivity index (χ2n) is 12.4. The van der Waals surface area contributed by atoms with Crippen LogP contribution in [0.15, 0.2) is 48.5 Å². The van der Waals surface area contributed by atoms with Crippen molar-refractivity contribution in [1.82, 2.24) is 15.2 Å². The molecule has 0 spiro atoms. The van der Waals surface area contributed by atoms with Gasteiger partial charge < -0.3 is 16.0 Å². The molecule has 3 aliphatic carbocycles. The third-order valence-corrected chi connectivity index (χ3v) is 9.83. The number of nitrogens with zero attached hydrogens (tertiary/aromatic N) is 1. The number of benzene rings is 2. The quantitative estimate of drug-likeness (QED) is 0.333. The molecule has 3 aromatic rings. The number of nitrogens with two attached hydrogens (primary N) is 1. The lowest BCUT2D eigenvalue weighted by molar-refractivity contribution is 0.0469. The number of halogens is 1. The largest absolute Gasteiger partial charge is 0.357 e. The second kappa shape index (κ2) is 11.5. The van der Waals surface area contributed by atoms with E-state index in [1.54, 1.807) is 12.1 Å². The van der Waals surface area contributed by atoms with Crippen LogP contribution in [0.2, 0.25) is 0 Å². The van der Waals surface area contributed by atoms with Crippen LogP contribution in [0.1, 0.15) is 93.9 Å². The number of para-hydroxylation sites is 1. The average Bonchev–Trinajstić information content (AvgIpc) is 3.68. The smallest absolute Gasteiger partial charge is 0.123 e. The summed E-state index contributed by atoms with van der Waals surface area (Å²) in [7, 11) is 4.30. The summed E-state index contributed by atoms with van der Waals surface area (Å²) in [4.78, 5) is 6.14. The monoisotopic (exact) mass is 518 g/mol. The van der Waals surface area contributed by atoms with Crippen molar-refractivity contribution in [3.8, 4) is 0 Å². The van der Waals surface area contributed by atoms with Crippen molar-refractivity contribution < 1.29 is 4.39 Å². The first-order valence-corrected chi connectivity index (χ1v) is 14.9. The summed E-state index contributed by atoms with van der Waals surface area (Å²) < 4.78 is 14.2. The van der Waals surface area contributed by atoms with Gasteiger partial charge in [0.15, 0.2) is 0 Å². The number of H-pyrrole nitrogens is 1. The van der Waals surface area contributed by atoms with E-state index in [2.05, 4.69) is 66.6 Å². The fraction of sp³-hybridized carbons (Fsp3) is 0.576. The van der Waals surface area contributed by atoms with Crippen molar-refractivity contribution in [1.29, 1.82) is 0 Å². The van der Waals surface area contributed by atoms with Gasteiger partial charge in [-0.15, -0.1) is 0 Å². The number of nitrogens with one attached hydrogen (secondary N) is 2. The zero-order valence-corrected chi connectivity index (χ0v) is 23.7. The maximum atomic E-state index is 14.2. The molecule has 4 N–H and O–H groups in total. The normalized spacial score (nSPS) is 26.7. The second-order valence-corrected chi connectivity index (χ2v) is 12.4. The summed E-state index contributed by atoms with van der Waals surface area (Å²) in [5, 5.41) is 5.49. The van der Waals surface area contributed by atoms with Gasteiger partial charge in [-0.2, -0.15) is 0 Å². The Balaban J connectivity index is 0.000000433. The molecule has 0 aliphatic heterocycles. The number of aryl methyl sites for hydroxylation is 1. The van der Waals surface area contributed by atoms with Gasteiger partial charge in [0.1, 0.15) is 5.82 Å². The molecule has 3 fully saturated rings. The van der Waals surface area contributed by atoms with E-state index in [0.717, 1.165) is 31.2 Å². The highest BCUT2D eigenvalue weighted by atomic mass is 19.1. The van der Waals surface area contributed by atoms with Gasteiger partial charge >= 0.3 is 0 Å². The Morgan fingerprint density at radius 2 is 1.55 bits per heavy atom. The summed E-state index contributed by atoms with van der Waals surface area (Å²) in [6, 6.07) is 17.0. The highest BCUT2D eigenvalue weighted by Crippen LogP contribution is 2.50. The Kier molecular flexibility index (Phi) is 8.27. The van der Waals surface area contributed by atoms with Gasteiger partial charge in [0.05, 0.1) is 5.54 Å². The SMILES string of the molecule is Cc1c(C2(NC3CCCC3)CCC(c3cccc(F)c3)(N(C)C)CC2)[nH]c2ccccc12.NC1CCCC1. The molecule has 1 heterocycles. The fourth-order valence-electron chi connectivity index (χ4n) is 7.51. The van der Waals surface area contributed by atoms with Crippen LogP contribution in [0.3, 0.4) is 0 Å². The molecule has 0 radical (unpaired) electrons. The first kappa shape index (κ1) is 27.4. The molecule has 3 saturated carbocycles. The molecule has 0 saturated heterocycles. The molecular formula is C33H47FN4. The molecule has 0 unspecified atom stereocenters. The zero-order valence-electron chi connectivity index (χ0n) is 23.7. The summed E-state index contributed by atoms with van der Waals surface area (Å²) in [6.45, 7) is 2.27. The summed E-state index contributed by atoms with van der Waals surface area (Å²) >= 11 is 0. The van der Waals surface area contributed by atoms with E-state index >= 15 is 0 Å². The van der Waals surface area contributed by atoms with E-state index < -0.39 is 0 Å². The van der Waals surface area contributed by atoms with Crippen LogP contribution >= 0.6 is 0 Å². The number of hydrogen-bond donors (Lipinski definition) is 3. The lowest BCUT2D eigenvalue weighted by atomic mass is 9.66. The Bertz CT molecular complexity index is 1190. The summed E-state index contributed by atoms with van der Waals surface area (Å²) in [6.07, 6.45) is 14.5. The van der Waals surface area contributed by atoms with Gasteiger partial charge in [0.25, 0.3) is 0 Å². The van der Waals surface area contributed by atoms with Crippen molar-refractivity contribution in [3.63, 3.8) is 0 Å². The Morgan fingerprint density at radius 1 is 0.895 bits per heavy atom. The minimum Gasteiger partial charge on any atom is -0.357 e. The van der Waals surface area contributed by atoms with Crippen LogP contribution in [-0.4, -0.2) is 36.1 Å². The van der Waals surface area contributed by atoms with Crippen LogP contribution in [0.5, 0.6) is 0 Å². The maximum absolute atomic E-state index is 14.2. The molecule has 1 aromatic heterocycles. The highest BCUT2D eigenvalue weighted by molar-refractivity contribution is 5.84. The minimum absolute atomic E-state index is 0.0645. The van der Waals surface area contributed by atoms with Crippen LogP contribution in [0.25, 0.3) is 10.9 Å². The minimum atomic E-state index is -0.142. The van der Waals surface area contributed by atoms with Crippen LogP contribution in [-0.2, 0) is 11.1 Å². The Morgan fingerprint density at radius 3 is 2.13 bits per heavy atom. The molecule has 4 nitrogen and oxygen atoms in total. The first-order valence-electron chi connectivity index (χ1n) is 14.9. The predicted octanol–water partition coefficient (Wildman–Crippen LogP) is 7.26. The number of aromatic nitrogens is 1. The number of hydrogen-bond acceptors (Lipinski definition) is 3. The molecule has 5 heteroatoms. The summed E-state index contributed by atoms with van der Waals surface area (Å²) in [5.41, 5.74) is 10.4. The van der Waals surface area contributed by atoms with Crippen molar-refractivity contribution in [2.75, 3.05) is 14.1 Å². The van der Waals surface area contributed by atoms with Crippen molar-refractivity contribution in [2.45, 2.75) is 107 Å². The third-order valence-electron chi connectivity index (χ3n) is 9.83. The van der Waals surface area contributed by atoms with E-state index in [1.165, 1.54) is 73.5 Å². The van der Waals surface area contributed by atoms with E-state index in [0.29, 0.717) is 12.1 Å². The Hall–Kier alpha value is -2.21. The van der Waals surface area contributed by atoms with Crippen molar-refractivity contribution >= 4 is 10.9 Å². The molecule has 2 aromatic carbocycles. The zero-order chi connectivity index (χ0) is 26.8.